The van der Waals surface area contributed by atoms with Gasteiger partial charge in [0.05, 0.1) is 0 Å². The summed E-state index contributed by atoms with van der Waals surface area (Å²) < 4.78 is 14.8. The van der Waals surface area contributed by atoms with Crippen molar-refractivity contribution in [1.82, 2.24) is 10.2 Å². The third kappa shape index (κ3) is 4.78. The molecule has 1 amide bonds. The van der Waals surface area contributed by atoms with Gasteiger partial charge in [-0.15, -0.1) is 0 Å². The van der Waals surface area contributed by atoms with Gasteiger partial charge in [-0.1, -0.05) is 42.5 Å². The molecular formula is C24H30FN3O. The molecule has 2 aliphatic rings. The van der Waals surface area contributed by atoms with Crippen LogP contribution < -0.4 is 10.2 Å². The molecule has 4 nitrogen and oxygen atoms in total. The first-order valence-electron chi connectivity index (χ1n) is 10.6. The zero-order valence-corrected chi connectivity index (χ0v) is 17.1. The van der Waals surface area contributed by atoms with Gasteiger partial charge in [0.1, 0.15) is 0 Å². The number of carbonyl (C=O) groups is 1. The number of carbonyl (C=O) groups excluding carboxylic acids is 1. The van der Waals surface area contributed by atoms with Crippen LogP contribution in [0.4, 0.5) is 10.1 Å². The van der Waals surface area contributed by atoms with Gasteiger partial charge in [0, 0.05) is 51.3 Å². The fourth-order valence-corrected chi connectivity index (χ4v) is 4.58. The van der Waals surface area contributed by atoms with Crippen molar-refractivity contribution in [3.8, 4) is 0 Å². The smallest absolute Gasteiger partial charge is 0.217 e. The van der Waals surface area contributed by atoms with Crippen molar-refractivity contribution < 1.29 is 9.18 Å². The van der Waals surface area contributed by atoms with Crippen molar-refractivity contribution in [1.29, 1.82) is 0 Å². The van der Waals surface area contributed by atoms with Gasteiger partial charge >= 0.3 is 0 Å². The second kappa shape index (κ2) is 8.95. The van der Waals surface area contributed by atoms with Crippen LogP contribution in [-0.2, 0) is 24.2 Å². The van der Waals surface area contributed by atoms with Crippen LogP contribution in [0.2, 0.25) is 0 Å². The highest BCUT2D eigenvalue weighted by Crippen LogP contribution is 2.34. The van der Waals surface area contributed by atoms with Crippen LogP contribution in [0.25, 0.3) is 0 Å². The minimum Gasteiger partial charge on any atom is -0.368 e. The molecule has 0 aliphatic carbocycles. The molecule has 0 saturated carbocycles. The van der Waals surface area contributed by atoms with Gasteiger partial charge in [0.2, 0.25) is 5.91 Å². The molecule has 1 N–H and O–H groups in total. The number of piperidine rings is 1. The van der Waals surface area contributed by atoms with Crippen LogP contribution in [0.3, 0.4) is 0 Å². The normalized spacial score (nSPS) is 18.5. The summed E-state index contributed by atoms with van der Waals surface area (Å²) >= 11 is 0. The number of benzene rings is 2. The zero-order chi connectivity index (χ0) is 20.2. The molecular weight excluding hydrogens is 365 g/mol. The molecule has 0 spiro atoms. The van der Waals surface area contributed by atoms with E-state index >= 15 is 0 Å². The summed E-state index contributed by atoms with van der Waals surface area (Å²) in [5, 5.41) is 2.88. The van der Waals surface area contributed by atoms with E-state index in [9.17, 15) is 9.18 Å². The van der Waals surface area contributed by atoms with E-state index in [-0.39, 0.29) is 5.91 Å². The number of rotatable bonds is 6. The summed E-state index contributed by atoms with van der Waals surface area (Å²) in [4.78, 5) is 15.7. The Kier molecular flexibility index (Phi) is 6.14. The van der Waals surface area contributed by atoms with Gasteiger partial charge in [-0.2, -0.15) is 0 Å². The molecule has 1 atom stereocenters. The average Bonchev–Trinajstić information content (AvgIpc) is 3.16. The quantitative estimate of drug-likeness (QED) is 0.758. The number of hydrogen-bond donors (Lipinski definition) is 1. The molecule has 0 aromatic heterocycles. The Morgan fingerprint density at radius 3 is 2.59 bits per heavy atom. The minimum atomic E-state index is -0.909. The number of nitrogens with one attached hydrogen (secondary N) is 1. The number of fused-ring (bicyclic) bond motifs is 1. The molecule has 0 bridgehead atoms. The summed E-state index contributed by atoms with van der Waals surface area (Å²) in [6, 6.07) is 16.9. The van der Waals surface area contributed by atoms with E-state index in [2.05, 4.69) is 28.4 Å². The molecule has 1 saturated heterocycles. The Morgan fingerprint density at radius 1 is 1.10 bits per heavy atom. The topological polar surface area (TPSA) is 35.6 Å². The van der Waals surface area contributed by atoms with Crippen molar-refractivity contribution in [3.05, 3.63) is 65.2 Å². The molecule has 29 heavy (non-hydrogen) atoms. The maximum absolute atomic E-state index is 14.8. The molecule has 2 aromatic rings. The third-order valence-electron chi connectivity index (χ3n) is 6.21. The van der Waals surface area contributed by atoms with E-state index < -0.39 is 6.30 Å². The van der Waals surface area contributed by atoms with E-state index in [1.54, 1.807) is 6.92 Å². The molecule has 2 heterocycles. The van der Waals surface area contributed by atoms with Gasteiger partial charge in [-0.3, -0.25) is 9.69 Å². The number of hydrogen-bond acceptors (Lipinski definition) is 3. The molecule has 2 aliphatic heterocycles. The first kappa shape index (κ1) is 19.9. The SMILES string of the molecule is CC(=O)NCc1ccc2c(c1)N(C1CCN(C(F)Cc3ccccc3)CC1)CC2. The van der Waals surface area contributed by atoms with Crippen LogP contribution in [-0.4, -0.2) is 42.8 Å². The van der Waals surface area contributed by atoms with E-state index in [0.29, 0.717) is 19.0 Å². The van der Waals surface area contributed by atoms with Crippen LogP contribution in [0, 0.1) is 0 Å². The van der Waals surface area contributed by atoms with Gasteiger partial charge < -0.3 is 10.2 Å². The number of amides is 1. The fourth-order valence-electron chi connectivity index (χ4n) is 4.58. The van der Waals surface area contributed by atoms with Crippen molar-refractivity contribution >= 4 is 11.6 Å². The number of likely N-dealkylation sites (tertiary alicyclic amines) is 1. The average molecular weight is 396 g/mol. The summed E-state index contributed by atoms with van der Waals surface area (Å²) in [6.45, 7) is 4.75. The predicted octanol–water partition coefficient (Wildman–Crippen LogP) is 3.69. The van der Waals surface area contributed by atoms with Crippen molar-refractivity contribution in [3.63, 3.8) is 0 Å². The summed E-state index contributed by atoms with van der Waals surface area (Å²) in [5.74, 6) is -0.00833. The number of halogens is 1. The second-order valence-corrected chi connectivity index (χ2v) is 8.21. The predicted molar refractivity (Wildman–Crippen MR) is 115 cm³/mol. The van der Waals surface area contributed by atoms with Crippen LogP contribution in [0.15, 0.2) is 48.5 Å². The van der Waals surface area contributed by atoms with Gasteiger partial charge in [0.25, 0.3) is 0 Å². The first-order valence-corrected chi connectivity index (χ1v) is 10.6. The molecule has 0 radical (unpaired) electrons. The highest BCUT2D eigenvalue weighted by Gasteiger charge is 2.31. The molecule has 2 aromatic carbocycles. The highest BCUT2D eigenvalue weighted by molar-refractivity contribution is 5.73. The monoisotopic (exact) mass is 395 g/mol. The van der Waals surface area contributed by atoms with Crippen molar-refractivity contribution in [2.24, 2.45) is 0 Å². The van der Waals surface area contributed by atoms with Crippen molar-refractivity contribution in [2.45, 2.75) is 51.5 Å². The standard InChI is InChI=1S/C24H30FN3O/c1-18(29)26-17-20-7-8-21-9-14-28(23(21)15-20)22-10-12-27(13-11-22)24(25)16-19-5-3-2-4-6-19/h2-8,15,22,24H,9-14,16-17H2,1H3,(H,26,29). The number of anilines is 1. The van der Waals surface area contributed by atoms with E-state index in [1.165, 1.54) is 11.3 Å². The molecule has 154 valence electrons. The lowest BCUT2D eigenvalue weighted by Gasteiger charge is -2.39. The van der Waals surface area contributed by atoms with Crippen LogP contribution >= 0.6 is 0 Å². The summed E-state index contributed by atoms with van der Waals surface area (Å²) in [7, 11) is 0. The van der Waals surface area contributed by atoms with Crippen LogP contribution in [0.1, 0.15) is 36.5 Å². The maximum Gasteiger partial charge on any atom is 0.217 e. The highest BCUT2D eigenvalue weighted by atomic mass is 19.1. The van der Waals surface area contributed by atoms with E-state index in [4.69, 9.17) is 0 Å². The van der Waals surface area contributed by atoms with Gasteiger partial charge in [-0.25, -0.2) is 4.39 Å². The fraction of sp³-hybridized carbons (Fsp3) is 0.458. The number of alkyl halides is 1. The lowest BCUT2D eigenvalue weighted by atomic mass is 10.0. The van der Waals surface area contributed by atoms with E-state index in [0.717, 1.165) is 50.0 Å². The minimum absolute atomic E-state index is 0.00833. The second-order valence-electron chi connectivity index (χ2n) is 8.21. The van der Waals surface area contributed by atoms with Crippen LogP contribution in [0.5, 0.6) is 0 Å². The Balaban J connectivity index is 1.35. The summed E-state index contributed by atoms with van der Waals surface area (Å²) in [6.07, 6.45) is 2.60. The van der Waals surface area contributed by atoms with Gasteiger partial charge in [0.15, 0.2) is 6.30 Å². The molecule has 1 fully saturated rings. The zero-order valence-electron chi connectivity index (χ0n) is 17.1. The molecule has 5 heteroatoms. The van der Waals surface area contributed by atoms with Crippen molar-refractivity contribution in [2.75, 3.05) is 24.5 Å². The number of nitrogens with zero attached hydrogens (tertiary/aromatic N) is 2. The molecule has 4 rings (SSSR count). The maximum atomic E-state index is 14.8. The Labute approximate surface area is 172 Å². The lowest BCUT2D eigenvalue weighted by molar-refractivity contribution is -0.119. The summed E-state index contributed by atoms with van der Waals surface area (Å²) in [5.41, 5.74) is 4.87. The Morgan fingerprint density at radius 2 is 1.86 bits per heavy atom. The first-order chi connectivity index (χ1) is 14.1. The van der Waals surface area contributed by atoms with E-state index in [1.807, 2.05) is 35.2 Å². The lowest BCUT2D eigenvalue weighted by Crippen LogP contribution is -2.47. The molecule has 1 unspecified atom stereocenters. The largest absolute Gasteiger partial charge is 0.368 e. The Hall–Kier alpha value is -2.40. The Bertz CT molecular complexity index is 833. The van der Waals surface area contributed by atoms with Gasteiger partial charge in [-0.05, 0) is 42.0 Å². The third-order valence-corrected chi connectivity index (χ3v) is 6.21.